The Bertz CT molecular complexity index is 419. The number of carbonyl (C=O) groups excluding carboxylic acids is 1. The third-order valence-electron chi connectivity index (χ3n) is 1.87. The molecule has 0 saturated carbocycles. The van der Waals surface area contributed by atoms with E-state index < -0.39 is 5.97 Å². The van der Waals surface area contributed by atoms with Gasteiger partial charge in [0.15, 0.2) is 0 Å². The van der Waals surface area contributed by atoms with Gasteiger partial charge in [-0.3, -0.25) is 5.41 Å². The molecule has 0 heterocycles. The van der Waals surface area contributed by atoms with Gasteiger partial charge in [-0.1, -0.05) is 48.6 Å². The Morgan fingerprint density at radius 2 is 1.94 bits per heavy atom. The van der Waals surface area contributed by atoms with E-state index >= 15 is 0 Å². The Morgan fingerprint density at radius 3 is 2.56 bits per heavy atom. The highest BCUT2D eigenvalue weighted by Gasteiger charge is 2.02. The maximum atomic E-state index is 10.9. The van der Waals surface area contributed by atoms with Crippen molar-refractivity contribution in [2.75, 3.05) is 7.11 Å². The molecule has 3 heteroatoms. The highest BCUT2D eigenvalue weighted by molar-refractivity contribution is 6.39. The van der Waals surface area contributed by atoms with E-state index in [4.69, 9.17) is 5.41 Å². The zero-order valence-electron chi connectivity index (χ0n) is 9.01. The van der Waals surface area contributed by atoms with Gasteiger partial charge in [-0.05, 0) is 11.6 Å². The molecule has 0 spiro atoms. The second kappa shape index (κ2) is 6.35. The lowest BCUT2D eigenvalue weighted by Crippen LogP contribution is -2.11. The van der Waals surface area contributed by atoms with Crippen molar-refractivity contribution in [1.29, 1.82) is 5.41 Å². The van der Waals surface area contributed by atoms with Crippen LogP contribution >= 0.6 is 0 Å². The summed E-state index contributed by atoms with van der Waals surface area (Å²) in [5, 5.41) is 7.28. The van der Waals surface area contributed by atoms with Crippen molar-refractivity contribution in [3.05, 3.63) is 54.1 Å². The van der Waals surface area contributed by atoms with Crippen molar-refractivity contribution in [2.24, 2.45) is 0 Å². The first-order valence-electron chi connectivity index (χ1n) is 4.80. The first-order valence-corrected chi connectivity index (χ1v) is 4.80. The average molecular weight is 215 g/mol. The lowest BCUT2D eigenvalue weighted by Gasteiger charge is -1.93. The van der Waals surface area contributed by atoms with E-state index in [9.17, 15) is 4.79 Å². The Morgan fingerprint density at radius 1 is 1.25 bits per heavy atom. The number of carbonyl (C=O) groups is 1. The molecule has 1 aromatic carbocycles. The number of hydrogen-bond donors (Lipinski definition) is 1. The van der Waals surface area contributed by atoms with Crippen LogP contribution in [-0.4, -0.2) is 18.8 Å². The van der Waals surface area contributed by atoms with E-state index in [1.807, 2.05) is 36.4 Å². The predicted molar refractivity (Wildman–Crippen MR) is 64.4 cm³/mol. The van der Waals surface area contributed by atoms with Crippen molar-refractivity contribution in [3.63, 3.8) is 0 Å². The molecule has 1 aromatic rings. The van der Waals surface area contributed by atoms with Gasteiger partial charge in [-0.25, -0.2) is 4.79 Å². The summed E-state index contributed by atoms with van der Waals surface area (Å²) in [7, 11) is 1.25. The number of benzene rings is 1. The summed E-state index contributed by atoms with van der Waals surface area (Å²) in [5.41, 5.74) is 0.900. The first kappa shape index (κ1) is 11.9. The van der Waals surface area contributed by atoms with Crippen molar-refractivity contribution in [2.45, 2.75) is 0 Å². The molecule has 16 heavy (non-hydrogen) atoms. The van der Waals surface area contributed by atoms with E-state index in [0.29, 0.717) is 0 Å². The molecule has 0 fully saturated rings. The van der Waals surface area contributed by atoms with Gasteiger partial charge in [-0.2, -0.15) is 0 Å². The highest BCUT2D eigenvalue weighted by Crippen LogP contribution is 2.00. The molecule has 0 atom stereocenters. The van der Waals surface area contributed by atoms with E-state index in [2.05, 4.69) is 4.74 Å². The Kier molecular flexibility index (Phi) is 4.73. The van der Waals surface area contributed by atoms with Crippen molar-refractivity contribution >= 4 is 17.8 Å². The summed E-state index contributed by atoms with van der Waals surface area (Å²) in [6.07, 6.45) is 6.69. The summed E-state index contributed by atoms with van der Waals surface area (Å²) in [4.78, 5) is 10.9. The molecule has 3 nitrogen and oxygen atoms in total. The van der Waals surface area contributed by atoms with Crippen LogP contribution in [0.15, 0.2) is 48.6 Å². The molecule has 0 aliphatic carbocycles. The summed E-state index contributed by atoms with van der Waals surface area (Å²) in [6.45, 7) is 0. The lowest BCUT2D eigenvalue weighted by atomic mass is 10.2. The van der Waals surface area contributed by atoms with Crippen LogP contribution in [0.3, 0.4) is 0 Å². The van der Waals surface area contributed by atoms with Gasteiger partial charge in [0.2, 0.25) is 0 Å². The first-order chi connectivity index (χ1) is 7.74. The molecule has 82 valence electrons. The SMILES string of the molecule is COC(=O)C(=N)C=CC=Cc1ccccc1. The number of ether oxygens (including phenoxy) is 1. The van der Waals surface area contributed by atoms with E-state index in [-0.39, 0.29) is 5.71 Å². The fourth-order valence-electron chi connectivity index (χ4n) is 1.06. The zero-order valence-corrected chi connectivity index (χ0v) is 9.01. The van der Waals surface area contributed by atoms with Gasteiger partial charge in [0, 0.05) is 0 Å². The van der Waals surface area contributed by atoms with Crippen LogP contribution in [0.5, 0.6) is 0 Å². The quantitative estimate of drug-likeness (QED) is 0.476. The Hall–Kier alpha value is -2.16. The van der Waals surface area contributed by atoms with Crippen LogP contribution in [-0.2, 0) is 9.53 Å². The molecular formula is C13H13NO2. The lowest BCUT2D eigenvalue weighted by molar-refractivity contribution is -0.132. The van der Waals surface area contributed by atoms with E-state index in [0.717, 1.165) is 5.56 Å². The van der Waals surface area contributed by atoms with Gasteiger partial charge in [0.1, 0.15) is 5.71 Å². The molecule has 0 aromatic heterocycles. The minimum Gasteiger partial charge on any atom is -0.464 e. The molecule has 0 unspecified atom stereocenters. The standard InChI is InChI=1S/C13H13NO2/c1-16-13(15)12(14)10-6-5-9-11-7-3-2-4-8-11/h2-10,14H,1H3. The van der Waals surface area contributed by atoms with Crippen molar-refractivity contribution in [1.82, 2.24) is 0 Å². The molecule has 0 aliphatic rings. The largest absolute Gasteiger partial charge is 0.464 e. The fourth-order valence-corrected chi connectivity index (χ4v) is 1.06. The number of hydrogen-bond acceptors (Lipinski definition) is 3. The van der Waals surface area contributed by atoms with Gasteiger partial charge in [0.05, 0.1) is 7.11 Å². The molecule has 1 rings (SSSR count). The summed E-state index contributed by atoms with van der Waals surface area (Å²) in [5.74, 6) is -0.635. The number of nitrogens with one attached hydrogen (secondary N) is 1. The molecule has 0 aliphatic heterocycles. The number of rotatable bonds is 4. The Labute approximate surface area is 94.6 Å². The number of allylic oxidation sites excluding steroid dienone is 2. The van der Waals surface area contributed by atoms with Crippen LogP contribution in [0.25, 0.3) is 6.08 Å². The number of esters is 1. The minimum absolute atomic E-state index is 0.166. The molecule has 1 N–H and O–H groups in total. The van der Waals surface area contributed by atoms with Crippen LogP contribution in [0, 0.1) is 5.41 Å². The maximum Gasteiger partial charge on any atom is 0.355 e. The third kappa shape index (κ3) is 3.92. The van der Waals surface area contributed by atoms with Gasteiger partial charge >= 0.3 is 5.97 Å². The van der Waals surface area contributed by atoms with Crippen LogP contribution in [0.4, 0.5) is 0 Å². The van der Waals surface area contributed by atoms with Crippen molar-refractivity contribution < 1.29 is 9.53 Å². The predicted octanol–water partition coefficient (Wildman–Crippen LogP) is 2.45. The van der Waals surface area contributed by atoms with E-state index in [1.54, 1.807) is 12.2 Å². The molecule has 0 saturated heterocycles. The topological polar surface area (TPSA) is 50.2 Å². The maximum absolute atomic E-state index is 10.9. The van der Waals surface area contributed by atoms with Gasteiger partial charge in [-0.15, -0.1) is 0 Å². The van der Waals surface area contributed by atoms with Crippen LogP contribution in [0.2, 0.25) is 0 Å². The normalized spacial score (nSPS) is 10.8. The molecule has 0 amide bonds. The molecular weight excluding hydrogens is 202 g/mol. The van der Waals surface area contributed by atoms with E-state index in [1.165, 1.54) is 13.2 Å². The van der Waals surface area contributed by atoms with Crippen LogP contribution in [0.1, 0.15) is 5.56 Å². The third-order valence-corrected chi connectivity index (χ3v) is 1.87. The minimum atomic E-state index is -0.635. The second-order valence-corrected chi connectivity index (χ2v) is 3.03. The fraction of sp³-hybridized carbons (Fsp3) is 0.0769. The average Bonchev–Trinajstić information content (AvgIpc) is 2.34. The second-order valence-electron chi connectivity index (χ2n) is 3.03. The van der Waals surface area contributed by atoms with Gasteiger partial charge in [0.25, 0.3) is 0 Å². The Balaban J connectivity index is 2.52. The van der Waals surface area contributed by atoms with Gasteiger partial charge < -0.3 is 4.74 Å². The molecule has 0 radical (unpaired) electrons. The highest BCUT2D eigenvalue weighted by atomic mass is 16.5. The monoisotopic (exact) mass is 215 g/mol. The summed E-state index contributed by atoms with van der Waals surface area (Å²) in [6, 6.07) is 9.77. The van der Waals surface area contributed by atoms with Crippen LogP contribution < -0.4 is 0 Å². The summed E-state index contributed by atoms with van der Waals surface area (Å²) >= 11 is 0. The number of methoxy groups -OCH3 is 1. The van der Waals surface area contributed by atoms with Crippen molar-refractivity contribution in [3.8, 4) is 0 Å². The smallest absolute Gasteiger partial charge is 0.355 e. The summed E-state index contributed by atoms with van der Waals surface area (Å²) < 4.78 is 4.39. The zero-order chi connectivity index (χ0) is 11.8. The molecule has 0 bridgehead atoms.